The molecule has 3 rings (SSSR count). The van der Waals surface area contributed by atoms with E-state index >= 15 is 0 Å². The summed E-state index contributed by atoms with van der Waals surface area (Å²) < 4.78 is 32.1. The van der Waals surface area contributed by atoms with Gasteiger partial charge in [-0.25, -0.2) is 8.42 Å². The van der Waals surface area contributed by atoms with Crippen molar-refractivity contribution in [3.63, 3.8) is 0 Å². The number of ether oxygens (including phenoxy) is 1. The van der Waals surface area contributed by atoms with E-state index in [9.17, 15) is 13.2 Å². The van der Waals surface area contributed by atoms with Crippen LogP contribution in [0.3, 0.4) is 0 Å². The van der Waals surface area contributed by atoms with Gasteiger partial charge in [-0.05, 0) is 42.8 Å². The van der Waals surface area contributed by atoms with Crippen molar-refractivity contribution in [2.75, 3.05) is 46.9 Å². The zero-order valence-electron chi connectivity index (χ0n) is 16.1. The molecule has 28 heavy (non-hydrogen) atoms. The second-order valence-corrected chi connectivity index (χ2v) is 9.68. The van der Waals surface area contributed by atoms with Crippen LogP contribution < -0.4 is 4.74 Å². The van der Waals surface area contributed by atoms with E-state index in [2.05, 4.69) is 6.07 Å². The molecule has 0 spiro atoms. The van der Waals surface area contributed by atoms with Crippen LogP contribution in [0, 0.1) is 0 Å². The number of carbonyl (C=O) groups excluding carboxylic acids is 1. The first-order chi connectivity index (χ1) is 13.4. The van der Waals surface area contributed by atoms with Gasteiger partial charge in [0.15, 0.2) is 0 Å². The van der Waals surface area contributed by atoms with Crippen molar-refractivity contribution >= 4 is 27.3 Å². The van der Waals surface area contributed by atoms with Gasteiger partial charge in [-0.15, -0.1) is 11.3 Å². The molecule has 1 aromatic carbocycles. The van der Waals surface area contributed by atoms with E-state index in [1.165, 1.54) is 16.3 Å². The molecule has 0 unspecified atom stereocenters. The van der Waals surface area contributed by atoms with Crippen LogP contribution in [0.4, 0.5) is 0 Å². The molecule has 1 aromatic heterocycles. The number of benzene rings is 1. The number of amides is 1. The molecule has 1 aliphatic rings. The maximum absolute atomic E-state index is 12.8. The van der Waals surface area contributed by atoms with Gasteiger partial charge in [0.05, 0.1) is 18.6 Å². The number of rotatable bonds is 7. The average Bonchev–Trinajstić information content (AvgIpc) is 3.21. The zero-order chi connectivity index (χ0) is 20.1. The highest BCUT2D eigenvalue weighted by Crippen LogP contribution is 2.21. The normalized spacial score (nSPS) is 15.8. The van der Waals surface area contributed by atoms with Crippen LogP contribution in [0.1, 0.15) is 4.88 Å². The molecule has 0 radical (unpaired) electrons. The molecule has 0 saturated carbocycles. The molecule has 2 heterocycles. The Morgan fingerprint density at radius 1 is 1.14 bits per heavy atom. The molecule has 152 valence electrons. The van der Waals surface area contributed by atoms with Crippen molar-refractivity contribution in [3.8, 4) is 5.75 Å². The van der Waals surface area contributed by atoms with Crippen LogP contribution in [-0.2, 0) is 21.4 Å². The van der Waals surface area contributed by atoms with Gasteiger partial charge in [0.1, 0.15) is 5.75 Å². The number of nitrogens with zero attached hydrogens (tertiary/aromatic N) is 3. The summed E-state index contributed by atoms with van der Waals surface area (Å²) in [5.41, 5.74) is 0. The van der Waals surface area contributed by atoms with Crippen LogP contribution in [0.5, 0.6) is 5.75 Å². The van der Waals surface area contributed by atoms with Crippen molar-refractivity contribution < 1.29 is 17.9 Å². The largest absolute Gasteiger partial charge is 0.497 e. The minimum atomic E-state index is -3.56. The topological polar surface area (TPSA) is 70.2 Å². The summed E-state index contributed by atoms with van der Waals surface area (Å²) in [6.45, 7) is 2.46. The minimum Gasteiger partial charge on any atom is -0.497 e. The lowest BCUT2D eigenvalue weighted by Gasteiger charge is -2.34. The lowest BCUT2D eigenvalue weighted by molar-refractivity contribution is -0.133. The maximum Gasteiger partial charge on any atom is 0.243 e. The van der Waals surface area contributed by atoms with E-state index in [0.717, 1.165) is 6.54 Å². The SMILES string of the molecule is COc1ccc(S(=O)(=O)N2CCN(C(=O)CN(C)Cc3cccs3)CC2)cc1. The predicted octanol–water partition coefficient (Wildman–Crippen LogP) is 1.72. The highest BCUT2D eigenvalue weighted by Gasteiger charge is 2.30. The summed E-state index contributed by atoms with van der Waals surface area (Å²) in [4.78, 5) is 17.7. The first kappa shape index (κ1) is 20.8. The third kappa shape index (κ3) is 4.91. The van der Waals surface area contributed by atoms with Crippen molar-refractivity contribution in [1.29, 1.82) is 0 Å². The fourth-order valence-electron chi connectivity index (χ4n) is 3.13. The lowest BCUT2D eigenvalue weighted by Crippen LogP contribution is -2.52. The van der Waals surface area contributed by atoms with Crippen molar-refractivity contribution in [1.82, 2.24) is 14.1 Å². The molecule has 2 aromatic rings. The summed E-state index contributed by atoms with van der Waals surface area (Å²) in [5.74, 6) is 0.640. The number of hydrogen-bond acceptors (Lipinski definition) is 6. The van der Waals surface area contributed by atoms with Crippen LogP contribution in [0.15, 0.2) is 46.7 Å². The fourth-order valence-corrected chi connectivity index (χ4v) is 5.34. The number of sulfonamides is 1. The Morgan fingerprint density at radius 3 is 2.39 bits per heavy atom. The van der Waals surface area contributed by atoms with Crippen LogP contribution >= 0.6 is 11.3 Å². The van der Waals surface area contributed by atoms with Gasteiger partial charge in [0.2, 0.25) is 15.9 Å². The Labute approximate surface area is 170 Å². The molecule has 1 saturated heterocycles. The first-order valence-electron chi connectivity index (χ1n) is 9.03. The van der Waals surface area contributed by atoms with E-state index in [0.29, 0.717) is 38.5 Å². The Kier molecular flexibility index (Phi) is 6.71. The molecule has 7 nitrogen and oxygen atoms in total. The van der Waals surface area contributed by atoms with Crippen molar-refractivity contribution in [3.05, 3.63) is 46.7 Å². The monoisotopic (exact) mass is 423 g/mol. The van der Waals surface area contributed by atoms with E-state index in [-0.39, 0.29) is 10.8 Å². The van der Waals surface area contributed by atoms with Crippen LogP contribution in [0.25, 0.3) is 0 Å². The van der Waals surface area contributed by atoms with Gasteiger partial charge in [-0.3, -0.25) is 9.69 Å². The van der Waals surface area contributed by atoms with Gasteiger partial charge in [-0.2, -0.15) is 4.31 Å². The Bertz CT molecular complexity index is 874. The molecule has 0 atom stereocenters. The summed E-state index contributed by atoms with van der Waals surface area (Å²) >= 11 is 1.67. The molecule has 1 amide bonds. The number of hydrogen-bond donors (Lipinski definition) is 0. The van der Waals surface area contributed by atoms with Gasteiger partial charge in [0.25, 0.3) is 0 Å². The van der Waals surface area contributed by atoms with E-state index in [1.54, 1.807) is 40.5 Å². The number of likely N-dealkylation sites (N-methyl/N-ethyl adjacent to an activating group) is 1. The van der Waals surface area contributed by atoms with E-state index in [4.69, 9.17) is 4.74 Å². The fraction of sp³-hybridized carbons (Fsp3) is 0.421. The highest BCUT2D eigenvalue weighted by molar-refractivity contribution is 7.89. The third-order valence-corrected chi connectivity index (χ3v) is 7.47. The zero-order valence-corrected chi connectivity index (χ0v) is 17.7. The number of carbonyl (C=O) groups is 1. The molecule has 0 N–H and O–H groups in total. The molecule has 1 fully saturated rings. The standard InChI is InChI=1S/C19H25N3O4S2/c1-20(14-17-4-3-13-27-17)15-19(23)21-9-11-22(12-10-21)28(24,25)18-7-5-16(26-2)6-8-18/h3-8,13H,9-12,14-15H2,1-2H3. The summed E-state index contributed by atoms with van der Waals surface area (Å²) in [6.07, 6.45) is 0. The smallest absolute Gasteiger partial charge is 0.243 e. The Balaban J connectivity index is 1.53. The summed E-state index contributed by atoms with van der Waals surface area (Å²) in [5, 5.41) is 2.02. The minimum absolute atomic E-state index is 0.0283. The lowest BCUT2D eigenvalue weighted by atomic mass is 10.3. The van der Waals surface area contributed by atoms with Crippen molar-refractivity contribution in [2.24, 2.45) is 0 Å². The van der Waals surface area contributed by atoms with Gasteiger partial charge >= 0.3 is 0 Å². The molecular weight excluding hydrogens is 398 g/mol. The third-order valence-electron chi connectivity index (χ3n) is 4.70. The highest BCUT2D eigenvalue weighted by atomic mass is 32.2. The maximum atomic E-state index is 12.8. The molecule has 0 bridgehead atoms. The Hall–Kier alpha value is -1.94. The van der Waals surface area contributed by atoms with Crippen LogP contribution in [-0.4, -0.2) is 75.3 Å². The van der Waals surface area contributed by atoms with Crippen molar-refractivity contribution in [2.45, 2.75) is 11.4 Å². The quantitative estimate of drug-likeness (QED) is 0.678. The van der Waals surface area contributed by atoms with Gasteiger partial charge < -0.3 is 9.64 Å². The summed E-state index contributed by atoms with van der Waals surface area (Å²) in [6, 6.07) is 10.4. The van der Waals surface area contributed by atoms with E-state index in [1.807, 2.05) is 23.4 Å². The molecule has 9 heteroatoms. The molecule has 1 aliphatic heterocycles. The second-order valence-electron chi connectivity index (χ2n) is 6.71. The molecule has 0 aliphatic carbocycles. The number of thiophene rings is 1. The van der Waals surface area contributed by atoms with Crippen LogP contribution in [0.2, 0.25) is 0 Å². The molecular formula is C19H25N3O4S2. The van der Waals surface area contributed by atoms with Gasteiger partial charge in [0, 0.05) is 37.6 Å². The number of methoxy groups -OCH3 is 1. The predicted molar refractivity (Wildman–Crippen MR) is 109 cm³/mol. The first-order valence-corrected chi connectivity index (χ1v) is 11.3. The average molecular weight is 424 g/mol. The van der Waals surface area contributed by atoms with Gasteiger partial charge in [-0.1, -0.05) is 6.07 Å². The Morgan fingerprint density at radius 2 is 1.82 bits per heavy atom. The number of piperazine rings is 1. The second kappa shape index (κ2) is 9.04. The van der Waals surface area contributed by atoms with E-state index < -0.39 is 10.0 Å². The summed E-state index contributed by atoms with van der Waals surface area (Å²) in [7, 11) is -0.105.